The van der Waals surface area contributed by atoms with Crippen molar-refractivity contribution >= 4 is 41.1 Å². The van der Waals surface area contributed by atoms with Crippen molar-refractivity contribution in [1.29, 1.82) is 0 Å². The molecule has 2 aliphatic rings. The molecule has 0 aromatic heterocycles. The number of amides is 2. The van der Waals surface area contributed by atoms with Crippen molar-refractivity contribution in [2.24, 2.45) is 0 Å². The Morgan fingerprint density at radius 2 is 1.83 bits per heavy atom. The van der Waals surface area contributed by atoms with Crippen LogP contribution in [0.4, 0.5) is 0 Å². The smallest absolute Gasteiger partial charge is 0.247 e. The number of piperidine rings is 1. The lowest BCUT2D eigenvalue weighted by molar-refractivity contribution is -0.149. The lowest BCUT2D eigenvalue weighted by Crippen LogP contribution is -2.58. The van der Waals surface area contributed by atoms with Gasteiger partial charge in [0.05, 0.1) is 10.0 Å². The number of hydrogen-bond donors (Lipinski definition) is 0. The molecule has 0 aliphatic carbocycles. The normalized spacial score (nSPS) is 20.9. The maximum absolute atomic E-state index is 13.0. The Labute approximate surface area is 189 Å². The summed E-state index contributed by atoms with van der Waals surface area (Å²) in [4.78, 5) is 31.9. The molecule has 0 spiro atoms. The fraction of sp³-hybridized carbons (Fsp3) is 0.565. The van der Waals surface area contributed by atoms with Gasteiger partial charge in [0.1, 0.15) is 6.04 Å². The van der Waals surface area contributed by atoms with Crippen LogP contribution in [0.2, 0.25) is 10.0 Å². The van der Waals surface area contributed by atoms with Gasteiger partial charge < -0.3 is 14.7 Å². The van der Waals surface area contributed by atoms with Crippen molar-refractivity contribution in [3.63, 3.8) is 0 Å². The number of carbonyl (C=O) groups is 2. The van der Waals surface area contributed by atoms with Gasteiger partial charge in [-0.1, -0.05) is 42.6 Å². The van der Waals surface area contributed by atoms with Crippen molar-refractivity contribution in [3.05, 3.63) is 39.9 Å². The van der Waals surface area contributed by atoms with Crippen molar-refractivity contribution in [2.45, 2.75) is 45.1 Å². The molecule has 0 saturated carbocycles. The van der Waals surface area contributed by atoms with Gasteiger partial charge in [-0.15, -0.1) is 0 Å². The number of hydrogen-bond acceptors (Lipinski definition) is 3. The lowest BCUT2D eigenvalue weighted by Gasteiger charge is -2.40. The third-order valence-electron chi connectivity index (χ3n) is 5.97. The van der Waals surface area contributed by atoms with Crippen molar-refractivity contribution in [2.75, 3.05) is 39.3 Å². The molecule has 164 valence electrons. The number of piperazine rings is 1. The summed E-state index contributed by atoms with van der Waals surface area (Å²) in [7, 11) is 0. The average molecular weight is 452 g/mol. The summed E-state index contributed by atoms with van der Waals surface area (Å²) in [6.45, 7) is 7.31. The second-order valence-corrected chi connectivity index (χ2v) is 8.86. The molecule has 1 aromatic carbocycles. The molecule has 2 heterocycles. The van der Waals surface area contributed by atoms with Crippen LogP contribution in [0.15, 0.2) is 24.3 Å². The van der Waals surface area contributed by atoms with E-state index < -0.39 is 0 Å². The van der Waals surface area contributed by atoms with Gasteiger partial charge in [0.25, 0.3) is 0 Å². The van der Waals surface area contributed by atoms with Gasteiger partial charge in [-0.2, -0.15) is 0 Å². The molecule has 0 N–H and O–H groups in total. The predicted molar refractivity (Wildman–Crippen MR) is 123 cm³/mol. The first kappa shape index (κ1) is 23.1. The minimum atomic E-state index is -0.389. The highest BCUT2D eigenvalue weighted by Crippen LogP contribution is 2.23. The topological polar surface area (TPSA) is 43.9 Å². The molecular formula is C23H31Cl2N3O2. The van der Waals surface area contributed by atoms with Crippen molar-refractivity contribution < 1.29 is 9.59 Å². The highest BCUT2D eigenvalue weighted by Gasteiger charge is 2.35. The summed E-state index contributed by atoms with van der Waals surface area (Å²) in [5, 5.41) is 0.930. The Bertz CT molecular complexity index is 778. The maximum atomic E-state index is 13.0. The number of likely N-dealkylation sites (tertiary alicyclic amines) is 1. The van der Waals surface area contributed by atoms with Gasteiger partial charge in [-0.3, -0.25) is 9.59 Å². The number of nitrogens with zero attached hydrogens (tertiary/aromatic N) is 3. The predicted octanol–water partition coefficient (Wildman–Crippen LogP) is 4.33. The van der Waals surface area contributed by atoms with Crippen molar-refractivity contribution in [1.82, 2.24) is 14.7 Å². The number of benzene rings is 1. The molecule has 2 fully saturated rings. The van der Waals surface area contributed by atoms with Crippen LogP contribution >= 0.6 is 23.2 Å². The second kappa shape index (κ2) is 11.2. The minimum absolute atomic E-state index is 0.0682. The van der Waals surface area contributed by atoms with Crippen LogP contribution in [-0.2, 0) is 9.59 Å². The van der Waals surface area contributed by atoms with Crippen LogP contribution in [0.25, 0.3) is 6.08 Å². The van der Waals surface area contributed by atoms with Crippen LogP contribution in [0, 0.1) is 0 Å². The highest BCUT2D eigenvalue weighted by molar-refractivity contribution is 6.42. The molecule has 0 bridgehead atoms. The number of halogens is 2. The van der Waals surface area contributed by atoms with Crippen LogP contribution in [0.5, 0.6) is 0 Å². The van der Waals surface area contributed by atoms with Crippen LogP contribution in [-0.4, -0.2) is 71.8 Å². The van der Waals surface area contributed by atoms with Gasteiger partial charge in [0.2, 0.25) is 11.8 Å². The zero-order valence-electron chi connectivity index (χ0n) is 17.7. The summed E-state index contributed by atoms with van der Waals surface area (Å²) >= 11 is 12.0. The van der Waals surface area contributed by atoms with Crippen LogP contribution in [0.3, 0.4) is 0 Å². The Hall–Kier alpha value is -1.56. The van der Waals surface area contributed by atoms with Crippen LogP contribution in [0.1, 0.15) is 44.6 Å². The summed E-state index contributed by atoms with van der Waals surface area (Å²) in [5.41, 5.74) is 0.800. The standard InChI is InChI=1S/C23H31Cl2N3O2/c1-2-21-23(30)27(14-6-13-26-11-4-3-5-12-26)15-16-28(21)22(29)10-8-18-7-9-19(24)20(25)17-18/h7-10,17,21H,2-6,11-16H2,1H3. The minimum Gasteiger partial charge on any atom is -0.339 e. The second-order valence-electron chi connectivity index (χ2n) is 8.04. The summed E-state index contributed by atoms with van der Waals surface area (Å²) in [6.07, 6.45) is 8.75. The highest BCUT2D eigenvalue weighted by atomic mass is 35.5. The zero-order valence-corrected chi connectivity index (χ0v) is 19.2. The molecular weight excluding hydrogens is 421 g/mol. The Morgan fingerprint density at radius 3 is 2.53 bits per heavy atom. The van der Waals surface area contributed by atoms with E-state index in [1.807, 2.05) is 11.8 Å². The molecule has 0 radical (unpaired) electrons. The van der Waals surface area contributed by atoms with Crippen molar-refractivity contribution in [3.8, 4) is 0 Å². The van der Waals surface area contributed by atoms with E-state index in [1.165, 1.54) is 38.4 Å². The fourth-order valence-electron chi connectivity index (χ4n) is 4.27. The molecule has 1 unspecified atom stereocenters. The van der Waals surface area contributed by atoms with E-state index in [-0.39, 0.29) is 17.9 Å². The van der Waals surface area contributed by atoms with Gasteiger partial charge in [0.15, 0.2) is 0 Å². The first-order valence-electron chi connectivity index (χ1n) is 10.9. The third-order valence-corrected chi connectivity index (χ3v) is 6.71. The van der Waals surface area contributed by atoms with E-state index >= 15 is 0 Å². The maximum Gasteiger partial charge on any atom is 0.247 e. The van der Waals surface area contributed by atoms with E-state index in [0.717, 1.165) is 25.1 Å². The molecule has 30 heavy (non-hydrogen) atoms. The molecule has 5 nitrogen and oxygen atoms in total. The van der Waals surface area contributed by atoms with E-state index in [0.29, 0.717) is 29.6 Å². The SMILES string of the molecule is CCC1C(=O)N(CCCN2CCCCC2)CCN1C(=O)C=Cc1ccc(Cl)c(Cl)c1. The van der Waals surface area contributed by atoms with Gasteiger partial charge >= 0.3 is 0 Å². The molecule has 2 saturated heterocycles. The third kappa shape index (κ3) is 5.99. The Kier molecular flexibility index (Phi) is 8.61. The Morgan fingerprint density at radius 1 is 1.07 bits per heavy atom. The molecule has 2 aliphatic heterocycles. The molecule has 1 atom stereocenters. The average Bonchev–Trinajstić information content (AvgIpc) is 2.76. The summed E-state index contributed by atoms with van der Waals surface area (Å²) in [5.74, 6) is -0.0760. The quantitative estimate of drug-likeness (QED) is 0.579. The van der Waals surface area contributed by atoms with Gasteiger partial charge in [-0.05, 0) is 69.1 Å². The van der Waals surface area contributed by atoms with Gasteiger partial charge in [0, 0.05) is 25.7 Å². The van der Waals surface area contributed by atoms with Crippen LogP contribution < -0.4 is 0 Å². The monoisotopic (exact) mass is 451 g/mol. The van der Waals surface area contributed by atoms with E-state index in [2.05, 4.69) is 4.90 Å². The van der Waals surface area contributed by atoms with Gasteiger partial charge in [-0.25, -0.2) is 0 Å². The summed E-state index contributed by atoms with van der Waals surface area (Å²) < 4.78 is 0. The molecule has 2 amide bonds. The molecule has 3 rings (SSSR count). The van der Waals surface area contributed by atoms with E-state index in [9.17, 15) is 9.59 Å². The summed E-state index contributed by atoms with van der Waals surface area (Å²) in [6, 6.07) is 4.84. The first-order valence-corrected chi connectivity index (χ1v) is 11.7. The molecule has 7 heteroatoms. The number of rotatable bonds is 7. The Balaban J connectivity index is 1.54. The largest absolute Gasteiger partial charge is 0.339 e. The zero-order chi connectivity index (χ0) is 21.5. The van der Waals surface area contributed by atoms with E-state index in [4.69, 9.17) is 23.2 Å². The lowest BCUT2D eigenvalue weighted by atomic mass is 10.1. The fourth-order valence-corrected chi connectivity index (χ4v) is 4.57. The first-order chi connectivity index (χ1) is 14.5. The number of carbonyl (C=O) groups excluding carboxylic acids is 2. The molecule has 1 aromatic rings. The van der Waals surface area contributed by atoms with E-state index in [1.54, 1.807) is 29.2 Å².